The van der Waals surface area contributed by atoms with Crippen molar-refractivity contribution in [2.24, 2.45) is 0 Å². The molecule has 1 aliphatic carbocycles. The minimum atomic E-state index is -0.499. The van der Waals surface area contributed by atoms with Gasteiger partial charge >= 0.3 is 7.12 Å². The van der Waals surface area contributed by atoms with E-state index in [1.54, 1.807) is 6.20 Å². The third kappa shape index (κ3) is 3.22. The molecule has 1 saturated carbocycles. The smallest absolute Gasteiger partial charge is 0.399 e. The van der Waals surface area contributed by atoms with Gasteiger partial charge in [0.15, 0.2) is 0 Å². The summed E-state index contributed by atoms with van der Waals surface area (Å²) in [5.41, 5.74) is 1.31. The number of nitrogens with one attached hydrogen (secondary N) is 1. The Balaban J connectivity index is 1.80. The van der Waals surface area contributed by atoms with Crippen LogP contribution in [0.15, 0.2) is 12.3 Å². The first kappa shape index (κ1) is 17.4. The lowest BCUT2D eigenvalue weighted by Gasteiger charge is -2.32. The Labute approximate surface area is 144 Å². The summed E-state index contributed by atoms with van der Waals surface area (Å²) in [6.45, 7) is 9.92. The van der Waals surface area contributed by atoms with Crippen molar-refractivity contribution in [3.63, 3.8) is 0 Å². The van der Waals surface area contributed by atoms with Crippen molar-refractivity contribution in [3.8, 4) is 0 Å². The lowest BCUT2D eigenvalue weighted by Crippen LogP contribution is -2.41. The molecule has 0 atom stereocenters. The van der Waals surface area contributed by atoms with E-state index in [9.17, 15) is 4.79 Å². The molecule has 0 aromatic carbocycles. The van der Waals surface area contributed by atoms with Gasteiger partial charge in [0.05, 0.1) is 16.8 Å². The summed E-state index contributed by atoms with van der Waals surface area (Å²) < 4.78 is 12.1. The van der Waals surface area contributed by atoms with E-state index in [1.807, 2.05) is 40.7 Å². The number of amides is 1. The molecule has 6 heteroatoms. The largest absolute Gasteiger partial charge is 0.496 e. The Morgan fingerprint density at radius 3 is 2.38 bits per heavy atom. The number of hydrogen-bond donors (Lipinski definition) is 1. The normalized spacial score (nSPS) is 22.8. The maximum atomic E-state index is 12.6. The minimum absolute atomic E-state index is 0.0507. The number of aryl methyl sites for hydroxylation is 1. The van der Waals surface area contributed by atoms with Gasteiger partial charge in [-0.05, 0) is 53.5 Å². The van der Waals surface area contributed by atoms with Crippen molar-refractivity contribution in [2.75, 3.05) is 0 Å². The van der Waals surface area contributed by atoms with Crippen LogP contribution >= 0.6 is 0 Å². The van der Waals surface area contributed by atoms with Crippen LogP contribution in [0.25, 0.3) is 0 Å². The van der Waals surface area contributed by atoms with Crippen molar-refractivity contribution in [3.05, 3.63) is 23.5 Å². The Morgan fingerprint density at radius 2 is 1.79 bits per heavy atom. The van der Waals surface area contributed by atoms with E-state index in [-0.39, 0.29) is 11.9 Å². The molecule has 130 valence electrons. The highest BCUT2D eigenvalue weighted by atomic mass is 16.7. The molecular weight excluding hydrogens is 303 g/mol. The monoisotopic (exact) mass is 330 g/mol. The highest BCUT2D eigenvalue weighted by Crippen LogP contribution is 2.36. The first-order chi connectivity index (χ1) is 11.2. The van der Waals surface area contributed by atoms with Crippen LogP contribution in [0, 0.1) is 6.92 Å². The van der Waals surface area contributed by atoms with Crippen LogP contribution in [0.1, 0.15) is 69.4 Å². The molecule has 2 heterocycles. The second-order valence-corrected chi connectivity index (χ2v) is 7.94. The van der Waals surface area contributed by atoms with Crippen LogP contribution in [0.5, 0.6) is 0 Å². The molecule has 1 aromatic rings. The fourth-order valence-corrected chi connectivity index (χ4v) is 3.22. The molecule has 1 aromatic heterocycles. The summed E-state index contributed by atoms with van der Waals surface area (Å²) in [5, 5.41) is 3.13. The lowest BCUT2D eigenvalue weighted by atomic mass is 9.79. The van der Waals surface area contributed by atoms with Gasteiger partial charge in [-0.25, -0.2) is 0 Å². The number of carbonyl (C=O) groups is 1. The van der Waals surface area contributed by atoms with Gasteiger partial charge in [-0.3, -0.25) is 9.78 Å². The van der Waals surface area contributed by atoms with Crippen molar-refractivity contribution in [1.82, 2.24) is 10.3 Å². The Hall–Kier alpha value is -1.40. The van der Waals surface area contributed by atoms with Gasteiger partial charge in [0.25, 0.3) is 5.91 Å². The zero-order valence-corrected chi connectivity index (χ0v) is 15.3. The molecule has 0 unspecified atom stereocenters. The van der Waals surface area contributed by atoms with E-state index in [0.29, 0.717) is 5.56 Å². The van der Waals surface area contributed by atoms with Gasteiger partial charge in [0.1, 0.15) is 0 Å². The van der Waals surface area contributed by atoms with Crippen molar-refractivity contribution < 1.29 is 14.1 Å². The van der Waals surface area contributed by atoms with Gasteiger partial charge < -0.3 is 14.6 Å². The molecule has 2 aliphatic rings. The van der Waals surface area contributed by atoms with E-state index in [1.165, 1.54) is 12.8 Å². The molecule has 24 heavy (non-hydrogen) atoms. The average Bonchev–Trinajstić information content (AvgIpc) is 3.05. The van der Waals surface area contributed by atoms with E-state index in [0.717, 1.165) is 24.0 Å². The van der Waals surface area contributed by atoms with E-state index in [2.05, 4.69) is 10.3 Å². The van der Waals surface area contributed by atoms with Crippen LogP contribution < -0.4 is 10.8 Å². The molecule has 0 radical (unpaired) electrons. The van der Waals surface area contributed by atoms with Crippen molar-refractivity contribution >= 4 is 18.5 Å². The van der Waals surface area contributed by atoms with Gasteiger partial charge in [-0.2, -0.15) is 0 Å². The predicted octanol–water partition coefficient (Wildman–Crippen LogP) is 2.36. The Morgan fingerprint density at radius 1 is 1.21 bits per heavy atom. The number of rotatable bonds is 3. The number of nitrogens with zero attached hydrogens (tertiary/aromatic N) is 1. The first-order valence-corrected chi connectivity index (χ1v) is 8.83. The SMILES string of the molecule is Cc1ncc(B2OC(C)(C)C(C)(C)O2)cc1C(=O)NC1CCCC1. The molecule has 3 rings (SSSR count). The van der Waals surface area contributed by atoms with Crippen LogP contribution in [-0.2, 0) is 9.31 Å². The number of hydrogen-bond acceptors (Lipinski definition) is 4. The topological polar surface area (TPSA) is 60.5 Å². The summed E-state index contributed by atoms with van der Waals surface area (Å²) in [6.07, 6.45) is 6.25. The number of aromatic nitrogens is 1. The van der Waals surface area contributed by atoms with Gasteiger partial charge in [-0.1, -0.05) is 12.8 Å². The maximum absolute atomic E-state index is 12.6. The third-order valence-corrected chi connectivity index (χ3v) is 5.57. The van der Waals surface area contributed by atoms with Crippen molar-refractivity contribution in [1.29, 1.82) is 0 Å². The van der Waals surface area contributed by atoms with Crippen LogP contribution in [-0.4, -0.2) is 35.3 Å². The number of carbonyl (C=O) groups excluding carboxylic acids is 1. The summed E-state index contributed by atoms with van der Waals surface area (Å²) >= 11 is 0. The second kappa shape index (κ2) is 6.15. The molecule has 2 fully saturated rings. The molecule has 1 aliphatic heterocycles. The van der Waals surface area contributed by atoms with Gasteiger partial charge in [-0.15, -0.1) is 0 Å². The molecule has 0 bridgehead atoms. The molecule has 5 nitrogen and oxygen atoms in total. The van der Waals surface area contributed by atoms with Gasteiger partial charge in [0.2, 0.25) is 0 Å². The predicted molar refractivity (Wildman–Crippen MR) is 94.4 cm³/mol. The van der Waals surface area contributed by atoms with E-state index < -0.39 is 18.3 Å². The van der Waals surface area contributed by atoms with Gasteiger partial charge in [0, 0.05) is 23.4 Å². The number of pyridine rings is 1. The summed E-state index contributed by atoms with van der Waals surface area (Å²) in [4.78, 5) is 17.0. The molecule has 1 saturated heterocycles. The van der Waals surface area contributed by atoms with Crippen molar-refractivity contribution in [2.45, 2.75) is 77.5 Å². The molecular formula is C18H27BN2O3. The summed E-state index contributed by atoms with van der Waals surface area (Å²) in [5.74, 6) is -0.0507. The minimum Gasteiger partial charge on any atom is -0.399 e. The average molecular weight is 330 g/mol. The molecule has 0 spiro atoms. The highest BCUT2D eigenvalue weighted by Gasteiger charge is 2.51. The highest BCUT2D eigenvalue weighted by molar-refractivity contribution is 6.62. The zero-order valence-electron chi connectivity index (χ0n) is 15.3. The van der Waals surface area contributed by atoms with E-state index >= 15 is 0 Å². The summed E-state index contributed by atoms with van der Waals surface area (Å²) in [6, 6.07) is 2.15. The second-order valence-electron chi connectivity index (χ2n) is 7.94. The summed E-state index contributed by atoms with van der Waals surface area (Å²) in [7, 11) is -0.499. The van der Waals surface area contributed by atoms with Crippen LogP contribution in [0.3, 0.4) is 0 Å². The fraction of sp³-hybridized carbons (Fsp3) is 0.667. The third-order valence-electron chi connectivity index (χ3n) is 5.57. The molecule has 1 N–H and O–H groups in total. The lowest BCUT2D eigenvalue weighted by molar-refractivity contribution is 0.00578. The fourth-order valence-electron chi connectivity index (χ4n) is 3.22. The standard InChI is InChI=1S/C18H27BN2O3/c1-12-15(16(22)21-14-8-6-7-9-14)10-13(11-20-12)19-23-17(2,3)18(4,5)24-19/h10-11,14H,6-9H2,1-5H3,(H,21,22). The van der Waals surface area contributed by atoms with Crippen LogP contribution in [0.2, 0.25) is 0 Å². The van der Waals surface area contributed by atoms with E-state index in [4.69, 9.17) is 9.31 Å². The Kier molecular flexibility index (Phi) is 4.47. The molecule has 1 amide bonds. The van der Waals surface area contributed by atoms with Crippen LogP contribution in [0.4, 0.5) is 0 Å². The quantitative estimate of drug-likeness (QED) is 0.865. The Bertz CT molecular complexity index is 623. The first-order valence-electron chi connectivity index (χ1n) is 8.83. The zero-order chi connectivity index (χ0) is 17.5. The maximum Gasteiger partial charge on any atom is 0.496 e.